The van der Waals surface area contributed by atoms with E-state index in [2.05, 4.69) is 27.6 Å². The van der Waals surface area contributed by atoms with Gasteiger partial charge in [0.1, 0.15) is 18.0 Å². The smallest absolute Gasteiger partial charge is 0.280 e. The number of aromatic amines is 1. The van der Waals surface area contributed by atoms with E-state index in [1.165, 1.54) is 7.11 Å². The van der Waals surface area contributed by atoms with E-state index in [4.69, 9.17) is 15.2 Å². The summed E-state index contributed by atoms with van der Waals surface area (Å²) in [5, 5.41) is 10.4. The molecule has 0 radical (unpaired) electrons. The Morgan fingerprint density at radius 3 is 2.88 bits per heavy atom. The number of nitrogens with one attached hydrogen (secondary N) is 1. The molecule has 0 bridgehead atoms. The molecule has 24 heavy (non-hydrogen) atoms. The Kier molecular flexibility index (Phi) is 3.79. The van der Waals surface area contributed by atoms with Crippen LogP contribution in [-0.2, 0) is 9.47 Å². The normalized spacial score (nSPS) is 30.3. The van der Waals surface area contributed by atoms with Crippen molar-refractivity contribution in [3.63, 3.8) is 0 Å². The van der Waals surface area contributed by atoms with Crippen LogP contribution in [0.25, 0.3) is 11.2 Å². The zero-order valence-electron chi connectivity index (χ0n) is 13.0. The van der Waals surface area contributed by atoms with Crippen LogP contribution in [-0.4, -0.2) is 55.8 Å². The van der Waals surface area contributed by atoms with Gasteiger partial charge in [-0.3, -0.25) is 14.3 Å². The molecule has 0 aromatic carbocycles. The lowest BCUT2D eigenvalue weighted by Gasteiger charge is -2.22. The minimum Gasteiger partial charge on any atom is -0.387 e. The van der Waals surface area contributed by atoms with E-state index in [-0.39, 0.29) is 17.4 Å². The lowest BCUT2D eigenvalue weighted by molar-refractivity contribution is -0.0480. The van der Waals surface area contributed by atoms with E-state index in [0.29, 0.717) is 17.2 Å². The Morgan fingerprint density at radius 2 is 2.25 bits per heavy atom. The molecule has 10 heteroatoms. The number of aromatic nitrogens is 4. The molecule has 2 aromatic heterocycles. The lowest BCUT2D eigenvalue weighted by Crippen LogP contribution is -2.34. The first-order chi connectivity index (χ1) is 11.5. The van der Waals surface area contributed by atoms with E-state index in [1.807, 2.05) is 0 Å². The van der Waals surface area contributed by atoms with Gasteiger partial charge in [0.2, 0.25) is 5.95 Å². The van der Waals surface area contributed by atoms with Gasteiger partial charge in [0.25, 0.3) is 5.56 Å². The predicted molar refractivity (Wildman–Crippen MR) is 89.1 cm³/mol. The molecule has 130 valence electrons. The van der Waals surface area contributed by atoms with Gasteiger partial charge in [0.05, 0.1) is 6.10 Å². The van der Waals surface area contributed by atoms with Crippen molar-refractivity contribution >= 4 is 29.7 Å². The summed E-state index contributed by atoms with van der Waals surface area (Å²) in [7, 11) is 1.51. The fraction of sp³-hybridized carbons (Fsp3) is 0.643. The average molecular weight is 353 g/mol. The average Bonchev–Trinajstić information content (AvgIpc) is 3.25. The van der Waals surface area contributed by atoms with Crippen LogP contribution in [0.2, 0.25) is 0 Å². The predicted octanol–water partition coefficient (Wildman–Crippen LogP) is -0.218. The minimum atomic E-state index is -0.832. The van der Waals surface area contributed by atoms with E-state index in [9.17, 15) is 9.90 Å². The summed E-state index contributed by atoms with van der Waals surface area (Å²) in [6.45, 7) is 0. The molecule has 1 saturated heterocycles. The van der Waals surface area contributed by atoms with E-state index in [1.54, 1.807) is 4.57 Å². The number of ether oxygens (including phenoxy) is 2. The van der Waals surface area contributed by atoms with Gasteiger partial charge >= 0.3 is 0 Å². The molecule has 4 N–H and O–H groups in total. The number of H-pyrrole nitrogens is 1. The van der Waals surface area contributed by atoms with Crippen LogP contribution in [0.3, 0.4) is 0 Å². The summed E-state index contributed by atoms with van der Waals surface area (Å²) in [5.41, 5.74) is 5.87. The minimum absolute atomic E-state index is 0.00857. The Balaban J connectivity index is 1.91. The maximum absolute atomic E-state index is 12.2. The molecule has 2 aliphatic rings. The largest absolute Gasteiger partial charge is 0.387 e. The molecule has 9 nitrogen and oxygen atoms in total. The highest BCUT2D eigenvalue weighted by Crippen LogP contribution is 2.43. The second-order valence-electron chi connectivity index (χ2n) is 6.18. The van der Waals surface area contributed by atoms with Crippen molar-refractivity contribution < 1.29 is 14.6 Å². The van der Waals surface area contributed by atoms with Crippen LogP contribution in [0.15, 0.2) is 4.79 Å². The molecule has 2 fully saturated rings. The topological polar surface area (TPSA) is 128 Å². The second kappa shape index (κ2) is 5.73. The summed E-state index contributed by atoms with van der Waals surface area (Å²) in [6, 6.07) is 0. The summed E-state index contributed by atoms with van der Waals surface area (Å²) in [4.78, 5) is 23.3. The standard InChI is InChI=1S/C14H19N5O4S/c1-22-9-8(20)6(4-24)23-13(9)19-10(5-2-3-5)16-7-11(19)17-14(15)18-12(7)21/h5-6,8-9,13,20,24H,2-4H2,1H3,(H3,15,17,18,21)/t6-,8-,9-,13-/m1/s1. The Bertz CT molecular complexity index is 832. The highest BCUT2D eigenvalue weighted by Gasteiger charge is 2.47. The van der Waals surface area contributed by atoms with Crippen molar-refractivity contribution in [2.75, 3.05) is 18.6 Å². The number of nitrogen functional groups attached to an aromatic ring is 1. The molecular weight excluding hydrogens is 334 g/mol. The number of nitrogens with zero attached hydrogens (tertiary/aromatic N) is 3. The molecule has 1 saturated carbocycles. The number of aliphatic hydroxyl groups excluding tert-OH is 1. The number of fused-ring (bicyclic) bond motifs is 1. The van der Waals surface area contributed by atoms with Crippen molar-refractivity contribution in [1.82, 2.24) is 19.5 Å². The number of methoxy groups -OCH3 is 1. The molecule has 1 aliphatic heterocycles. The summed E-state index contributed by atoms with van der Waals surface area (Å²) < 4.78 is 13.2. The van der Waals surface area contributed by atoms with Gasteiger partial charge in [0.15, 0.2) is 17.4 Å². The van der Waals surface area contributed by atoms with Crippen molar-refractivity contribution in [3.05, 3.63) is 16.2 Å². The number of nitrogens with two attached hydrogens (primary N) is 1. The third kappa shape index (κ3) is 2.32. The van der Waals surface area contributed by atoms with Crippen LogP contribution in [0, 0.1) is 0 Å². The summed E-state index contributed by atoms with van der Waals surface area (Å²) in [6.07, 6.45) is -0.594. The Morgan fingerprint density at radius 1 is 1.50 bits per heavy atom. The summed E-state index contributed by atoms with van der Waals surface area (Å²) >= 11 is 4.22. The van der Waals surface area contributed by atoms with Gasteiger partial charge in [-0.2, -0.15) is 17.6 Å². The van der Waals surface area contributed by atoms with Gasteiger partial charge in [-0.05, 0) is 12.8 Å². The van der Waals surface area contributed by atoms with Crippen LogP contribution < -0.4 is 11.3 Å². The molecule has 0 amide bonds. The van der Waals surface area contributed by atoms with Gasteiger partial charge in [0, 0.05) is 18.8 Å². The quantitative estimate of drug-likeness (QED) is 0.560. The van der Waals surface area contributed by atoms with Crippen molar-refractivity contribution in [2.45, 2.75) is 43.3 Å². The zero-order chi connectivity index (χ0) is 17.0. The molecule has 1 aliphatic carbocycles. The first kappa shape index (κ1) is 15.9. The van der Waals surface area contributed by atoms with Crippen molar-refractivity contribution in [3.8, 4) is 0 Å². The molecule has 0 unspecified atom stereocenters. The lowest BCUT2D eigenvalue weighted by atomic mass is 10.1. The molecular formula is C14H19N5O4S. The first-order valence-corrected chi connectivity index (χ1v) is 8.43. The maximum Gasteiger partial charge on any atom is 0.280 e. The number of anilines is 1. The Labute approximate surface area is 142 Å². The van der Waals surface area contributed by atoms with Crippen LogP contribution >= 0.6 is 12.6 Å². The fourth-order valence-corrected chi connectivity index (χ4v) is 3.53. The van der Waals surface area contributed by atoms with E-state index in [0.717, 1.165) is 12.8 Å². The van der Waals surface area contributed by atoms with Gasteiger partial charge in [-0.1, -0.05) is 0 Å². The third-order valence-electron chi connectivity index (χ3n) is 4.56. The van der Waals surface area contributed by atoms with Gasteiger partial charge in [-0.15, -0.1) is 0 Å². The fourth-order valence-electron chi connectivity index (χ4n) is 3.23. The van der Waals surface area contributed by atoms with Crippen LogP contribution in [0.5, 0.6) is 0 Å². The van der Waals surface area contributed by atoms with Crippen molar-refractivity contribution in [2.24, 2.45) is 0 Å². The number of imidazole rings is 1. The maximum atomic E-state index is 12.2. The Hall–Kier alpha value is -1.62. The van der Waals surface area contributed by atoms with Gasteiger partial charge in [-0.25, -0.2) is 4.98 Å². The van der Waals surface area contributed by atoms with E-state index < -0.39 is 30.1 Å². The molecule has 4 rings (SSSR count). The third-order valence-corrected chi connectivity index (χ3v) is 4.92. The molecule has 0 spiro atoms. The van der Waals surface area contributed by atoms with E-state index >= 15 is 0 Å². The molecule has 4 atom stereocenters. The monoisotopic (exact) mass is 353 g/mol. The summed E-state index contributed by atoms with van der Waals surface area (Å²) in [5.74, 6) is 1.31. The first-order valence-electron chi connectivity index (χ1n) is 7.80. The number of aliphatic hydroxyl groups is 1. The van der Waals surface area contributed by atoms with Gasteiger partial charge < -0.3 is 20.3 Å². The number of hydrogen-bond donors (Lipinski definition) is 4. The highest BCUT2D eigenvalue weighted by atomic mass is 32.1. The number of rotatable bonds is 4. The second-order valence-corrected chi connectivity index (χ2v) is 6.54. The van der Waals surface area contributed by atoms with Crippen LogP contribution in [0.4, 0.5) is 5.95 Å². The highest BCUT2D eigenvalue weighted by molar-refractivity contribution is 7.80. The molecule has 3 heterocycles. The molecule has 2 aromatic rings. The number of thiol groups is 1. The van der Waals surface area contributed by atoms with Crippen LogP contribution in [0.1, 0.15) is 30.8 Å². The SMILES string of the molecule is CO[C@@H]1[C@H](O)[C@@H](CS)O[C@H]1n1c(C2CC2)nc2c(=O)[nH]c(N)nc21. The van der Waals surface area contributed by atoms with Crippen molar-refractivity contribution in [1.29, 1.82) is 0 Å². The number of hydrogen-bond acceptors (Lipinski definition) is 8. The zero-order valence-corrected chi connectivity index (χ0v) is 13.9.